The average molecular weight is 260 g/mol. The van der Waals surface area contributed by atoms with E-state index >= 15 is 0 Å². The van der Waals surface area contributed by atoms with E-state index in [4.69, 9.17) is 5.73 Å². The Labute approximate surface area is 115 Å². The molecule has 2 rings (SSSR count). The molecule has 3 N–H and O–H groups in total. The molecule has 1 fully saturated rings. The lowest BCUT2D eigenvalue weighted by Gasteiger charge is -2.29. The maximum absolute atomic E-state index is 12.0. The van der Waals surface area contributed by atoms with Crippen LogP contribution in [0.15, 0.2) is 24.3 Å². The third-order valence-electron chi connectivity index (χ3n) is 4.04. The van der Waals surface area contributed by atoms with Gasteiger partial charge in [0.2, 0.25) is 5.91 Å². The molecule has 0 bridgehead atoms. The first-order chi connectivity index (χ1) is 9.17. The van der Waals surface area contributed by atoms with Crippen LogP contribution in [0, 0.1) is 5.92 Å². The van der Waals surface area contributed by atoms with Crippen molar-refractivity contribution in [1.29, 1.82) is 0 Å². The quantitative estimate of drug-likeness (QED) is 0.818. The third kappa shape index (κ3) is 4.27. The first kappa shape index (κ1) is 13.9. The van der Waals surface area contributed by atoms with Crippen molar-refractivity contribution >= 4 is 11.6 Å². The van der Waals surface area contributed by atoms with Gasteiger partial charge in [-0.1, -0.05) is 38.3 Å². The van der Waals surface area contributed by atoms with Gasteiger partial charge in [0.15, 0.2) is 0 Å². The van der Waals surface area contributed by atoms with E-state index in [0.717, 1.165) is 24.3 Å². The van der Waals surface area contributed by atoms with Crippen molar-refractivity contribution in [2.75, 3.05) is 5.73 Å². The van der Waals surface area contributed by atoms with Crippen LogP contribution < -0.4 is 11.1 Å². The lowest BCUT2D eigenvalue weighted by molar-refractivity contribution is -0.121. The molecule has 2 atom stereocenters. The fourth-order valence-electron chi connectivity index (χ4n) is 2.96. The summed E-state index contributed by atoms with van der Waals surface area (Å²) >= 11 is 0. The lowest BCUT2D eigenvalue weighted by atomic mass is 9.84. The Morgan fingerprint density at radius 2 is 2.26 bits per heavy atom. The van der Waals surface area contributed by atoms with E-state index in [-0.39, 0.29) is 5.91 Å². The third-order valence-corrected chi connectivity index (χ3v) is 4.04. The zero-order valence-corrected chi connectivity index (χ0v) is 11.7. The molecule has 3 nitrogen and oxygen atoms in total. The van der Waals surface area contributed by atoms with E-state index < -0.39 is 0 Å². The minimum absolute atomic E-state index is 0.118. The lowest BCUT2D eigenvalue weighted by Crippen LogP contribution is -2.39. The second-order valence-electron chi connectivity index (χ2n) is 5.63. The molecule has 0 heterocycles. The van der Waals surface area contributed by atoms with Gasteiger partial charge >= 0.3 is 0 Å². The molecule has 0 aromatic heterocycles. The molecule has 1 aliphatic carbocycles. The van der Waals surface area contributed by atoms with Gasteiger partial charge in [0.05, 0.1) is 6.42 Å². The summed E-state index contributed by atoms with van der Waals surface area (Å²) in [5, 5.41) is 3.17. The molecule has 104 valence electrons. The number of carbonyl (C=O) groups is 1. The highest BCUT2D eigenvalue weighted by molar-refractivity contribution is 5.79. The molecule has 1 aromatic rings. The van der Waals surface area contributed by atoms with Gasteiger partial charge < -0.3 is 11.1 Å². The Bertz CT molecular complexity index is 431. The van der Waals surface area contributed by atoms with E-state index in [0.29, 0.717) is 18.2 Å². The largest absolute Gasteiger partial charge is 0.399 e. The zero-order valence-electron chi connectivity index (χ0n) is 11.7. The summed E-state index contributed by atoms with van der Waals surface area (Å²) in [7, 11) is 0. The number of rotatable bonds is 4. The monoisotopic (exact) mass is 260 g/mol. The van der Waals surface area contributed by atoms with Gasteiger partial charge in [-0.25, -0.2) is 0 Å². The maximum Gasteiger partial charge on any atom is 0.224 e. The number of carbonyl (C=O) groups excluding carboxylic acids is 1. The van der Waals surface area contributed by atoms with Gasteiger partial charge in [0.1, 0.15) is 0 Å². The first-order valence-electron chi connectivity index (χ1n) is 7.31. The molecule has 2 unspecified atom stereocenters. The standard InChI is InChI=1S/C16H24N2O/c1-2-12-5-4-8-15(10-12)18-16(19)11-13-6-3-7-14(17)9-13/h3,6-7,9,12,15H,2,4-5,8,10-11,17H2,1H3,(H,18,19). The van der Waals surface area contributed by atoms with Crippen molar-refractivity contribution in [2.24, 2.45) is 5.92 Å². The minimum Gasteiger partial charge on any atom is -0.399 e. The van der Waals surface area contributed by atoms with Crippen LogP contribution in [0.5, 0.6) is 0 Å². The van der Waals surface area contributed by atoms with Gasteiger partial charge in [-0.05, 0) is 36.5 Å². The van der Waals surface area contributed by atoms with Crippen LogP contribution in [0.2, 0.25) is 0 Å². The number of anilines is 1. The van der Waals surface area contributed by atoms with Crippen LogP contribution in [0.3, 0.4) is 0 Å². The van der Waals surface area contributed by atoms with Crippen molar-refractivity contribution in [3.63, 3.8) is 0 Å². The van der Waals surface area contributed by atoms with Crippen molar-refractivity contribution < 1.29 is 4.79 Å². The minimum atomic E-state index is 0.118. The van der Waals surface area contributed by atoms with E-state index in [1.807, 2.05) is 24.3 Å². The zero-order chi connectivity index (χ0) is 13.7. The van der Waals surface area contributed by atoms with Crippen LogP contribution in [0.1, 0.15) is 44.6 Å². The molecule has 1 amide bonds. The molecule has 0 spiro atoms. The number of hydrogen-bond acceptors (Lipinski definition) is 2. The van der Waals surface area contributed by atoms with Crippen LogP contribution >= 0.6 is 0 Å². The van der Waals surface area contributed by atoms with Gasteiger partial charge in [0, 0.05) is 11.7 Å². The van der Waals surface area contributed by atoms with Gasteiger partial charge in [-0.2, -0.15) is 0 Å². The summed E-state index contributed by atoms with van der Waals surface area (Å²) in [5.74, 6) is 0.902. The first-order valence-corrected chi connectivity index (χ1v) is 7.31. The van der Waals surface area contributed by atoms with E-state index in [1.165, 1.54) is 19.3 Å². The van der Waals surface area contributed by atoms with Gasteiger partial charge in [0.25, 0.3) is 0 Å². The predicted octanol–water partition coefficient (Wildman–Crippen LogP) is 2.90. The molecular formula is C16H24N2O. The van der Waals surface area contributed by atoms with Crippen molar-refractivity contribution in [3.05, 3.63) is 29.8 Å². The van der Waals surface area contributed by atoms with Crippen LogP contribution in [0.25, 0.3) is 0 Å². The summed E-state index contributed by atoms with van der Waals surface area (Å²) < 4.78 is 0. The molecule has 1 aliphatic rings. The molecular weight excluding hydrogens is 236 g/mol. The van der Waals surface area contributed by atoms with Gasteiger partial charge in [-0.3, -0.25) is 4.79 Å². The second-order valence-corrected chi connectivity index (χ2v) is 5.63. The highest BCUT2D eigenvalue weighted by atomic mass is 16.1. The van der Waals surface area contributed by atoms with E-state index in [2.05, 4.69) is 12.2 Å². The molecule has 19 heavy (non-hydrogen) atoms. The summed E-state index contributed by atoms with van der Waals surface area (Å²) in [5.41, 5.74) is 7.43. The normalized spacial score (nSPS) is 23.0. The summed E-state index contributed by atoms with van der Waals surface area (Å²) in [6.45, 7) is 2.24. The van der Waals surface area contributed by atoms with Crippen molar-refractivity contribution in [2.45, 2.75) is 51.5 Å². The topological polar surface area (TPSA) is 55.1 Å². The van der Waals surface area contributed by atoms with Crippen LogP contribution in [-0.2, 0) is 11.2 Å². The highest BCUT2D eigenvalue weighted by Crippen LogP contribution is 2.26. The number of benzene rings is 1. The smallest absolute Gasteiger partial charge is 0.224 e. The van der Waals surface area contributed by atoms with Crippen LogP contribution in [-0.4, -0.2) is 11.9 Å². The Balaban J connectivity index is 1.84. The molecule has 0 aliphatic heterocycles. The number of nitrogen functional groups attached to an aromatic ring is 1. The number of nitrogens with two attached hydrogens (primary N) is 1. The predicted molar refractivity (Wildman–Crippen MR) is 78.7 cm³/mol. The number of amides is 1. The summed E-state index contributed by atoms with van der Waals surface area (Å²) in [6.07, 6.45) is 6.47. The molecule has 1 saturated carbocycles. The summed E-state index contributed by atoms with van der Waals surface area (Å²) in [6, 6.07) is 7.92. The Hall–Kier alpha value is -1.51. The Morgan fingerprint density at radius 3 is 3.00 bits per heavy atom. The van der Waals surface area contributed by atoms with Crippen molar-refractivity contribution in [1.82, 2.24) is 5.32 Å². The highest BCUT2D eigenvalue weighted by Gasteiger charge is 2.21. The Morgan fingerprint density at radius 1 is 1.42 bits per heavy atom. The van der Waals surface area contributed by atoms with Crippen LogP contribution in [0.4, 0.5) is 5.69 Å². The molecule has 0 saturated heterocycles. The summed E-state index contributed by atoms with van der Waals surface area (Å²) in [4.78, 5) is 12.0. The number of hydrogen-bond donors (Lipinski definition) is 2. The Kier molecular flexibility index (Phi) is 4.83. The average Bonchev–Trinajstić information content (AvgIpc) is 2.38. The second kappa shape index (κ2) is 6.60. The fraction of sp³-hybridized carbons (Fsp3) is 0.562. The maximum atomic E-state index is 12.0. The number of nitrogens with one attached hydrogen (secondary N) is 1. The van der Waals surface area contributed by atoms with Gasteiger partial charge in [-0.15, -0.1) is 0 Å². The van der Waals surface area contributed by atoms with E-state index in [9.17, 15) is 4.79 Å². The molecule has 0 radical (unpaired) electrons. The van der Waals surface area contributed by atoms with E-state index in [1.54, 1.807) is 0 Å². The fourth-order valence-corrected chi connectivity index (χ4v) is 2.96. The molecule has 1 aromatic carbocycles. The van der Waals surface area contributed by atoms with Crippen molar-refractivity contribution in [3.8, 4) is 0 Å². The SMILES string of the molecule is CCC1CCCC(NC(=O)Cc2cccc(N)c2)C1. The molecule has 3 heteroatoms.